The predicted octanol–water partition coefficient (Wildman–Crippen LogP) is 2.13. The van der Waals surface area contributed by atoms with Crippen molar-refractivity contribution in [1.29, 1.82) is 0 Å². The third-order valence-electron chi connectivity index (χ3n) is 4.28. The molecule has 2 fully saturated rings. The highest BCUT2D eigenvalue weighted by molar-refractivity contribution is 4.83. The average Bonchev–Trinajstić information content (AvgIpc) is 2.42. The van der Waals surface area contributed by atoms with Crippen LogP contribution in [0.15, 0.2) is 0 Å². The molecular formula is C15H33N3. The van der Waals surface area contributed by atoms with Gasteiger partial charge in [0.15, 0.2) is 0 Å². The van der Waals surface area contributed by atoms with E-state index < -0.39 is 0 Å². The van der Waals surface area contributed by atoms with Crippen LogP contribution in [0.2, 0.25) is 0 Å². The van der Waals surface area contributed by atoms with Crippen molar-refractivity contribution in [3.8, 4) is 0 Å². The van der Waals surface area contributed by atoms with Gasteiger partial charge in [-0.1, -0.05) is 13.8 Å². The molecular weight excluding hydrogens is 222 g/mol. The Hall–Kier alpha value is -0.120. The molecule has 3 nitrogen and oxygen atoms in total. The Balaban J connectivity index is 0.000000771. The van der Waals surface area contributed by atoms with Gasteiger partial charge in [0.1, 0.15) is 0 Å². The summed E-state index contributed by atoms with van der Waals surface area (Å²) in [6, 6.07) is 1.59. The van der Waals surface area contributed by atoms with Crippen molar-refractivity contribution in [1.82, 2.24) is 14.7 Å². The molecule has 0 radical (unpaired) electrons. The monoisotopic (exact) mass is 255 g/mol. The smallest absolute Gasteiger partial charge is 0.0121 e. The highest BCUT2D eigenvalue weighted by Crippen LogP contribution is 2.17. The van der Waals surface area contributed by atoms with Crippen molar-refractivity contribution in [2.24, 2.45) is 0 Å². The number of nitrogens with zero attached hydrogens (tertiary/aromatic N) is 3. The molecule has 0 bridgehead atoms. The van der Waals surface area contributed by atoms with E-state index in [1.807, 2.05) is 13.8 Å². The molecule has 0 aromatic heterocycles. The van der Waals surface area contributed by atoms with Crippen LogP contribution >= 0.6 is 0 Å². The lowest BCUT2D eigenvalue weighted by Gasteiger charge is -2.43. The third kappa shape index (κ3) is 4.52. The topological polar surface area (TPSA) is 9.72 Å². The first-order valence-corrected chi connectivity index (χ1v) is 7.83. The Morgan fingerprint density at radius 3 is 1.78 bits per heavy atom. The summed E-state index contributed by atoms with van der Waals surface area (Å²) in [7, 11) is 2.24. The Labute approximate surface area is 114 Å². The summed E-state index contributed by atoms with van der Waals surface area (Å²) in [5, 5.41) is 0. The molecule has 108 valence electrons. The Morgan fingerprint density at radius 2 is 1.33 bits per heavy atom. The maximum absolute atomic E-state index is 2.73. The molecule has 0 spiro atoms. The van der Waals surface area contributed by atoms with Gasteiger partial charge in [-0.05, 0) is 46.8 Å². The van der Waals surface area contributed by atoms with Crippen molar-refractivity contribution in [2.45, 2.75) is 52.6 Å². The molecule has 2 aliphatic heterocycles. The molecule has 2 saturated heterocycles. The van der Waals surface area contributed by atoms with Gasteiger partial charge in [-0.2, -0.15) is 0 Å². The Morgan fingerprint density at radius 1 is 0.833 bits per heavy atom. The number of likely N-dealkylation sites (tertiary alicyclic amines) is 1. The maximum atomic E-state index is 2.73. The van der Waals surface area contributed by atoms with Crippen LogP contribution in [0.5, 0.6) is 0 Å². The molecule has 0 aromatic carbocycles. The second-order valence-corrected chi connectivity index (χ2v) is 5.70. The van der Waals surface area contributed by atoms with Crippen LogP contribution in [0.25, 0.3) is 0 Å². The van der Waals surface area contributed by atoms with Gasteiger partial charge in [-0.25, -0.2) is 0 Å². The molecule has 2 aliphatic rings. The summed E-state index contributed by atoms with van der Waals surface area (Å²) in [5.41, 5.74) is 0. The van der Waals surface area contributed by atoms with Crippen LogP contribution in [0, 0.1) is 0 Å². The van der Waals surface area contributed by atoms with Gasteiger partial charge in [0.05, 0.1) is 0 Å². The quantitative estimate of drug-likeness (QED) is 0.748. The fraction of sp³-hybridized carbons (Fsp3) is 1.00. The molecule has 3 heteroatoms. The van der Waals surface area contributed by atoms with E-state index in [1.54, 1.807) is 0 Å². The molecule has 2 heterocycles. The molecule has 0 N–H and O–H groups in total. The second kappa shape index (κ2) is 8.13. The van der Waals surface area contributed by atoms with Crippen molar-refractivity contribution >= 4 is 0 Å². The highest BCUT2D eigenvalue weighted by atomic mass is 15.3. The van der Waals surface area contributed by atoms with Gasteiger partial charge in [0.25, 0.3) is 0 Å². The van der Waals surface area contributed by atoms with E-state index in [1.165, 1.54) is 52.1 Å². The number of hydrogen-bond donors (Lipinski definition) is 0. The third-order valence-corrected chi connectivity index (χ3v) is 4.28. The molecule has 0 amide bonds. The van der Waals surface area contributed by atoms with Crippen molar-refractivity contribution in [3.05, 3.63) is 0 Å². The van der Waals surface area contributed by atoms with Crippen molar-refractivity contribution < 1.29 is 0 Å². The van der Waals surface area contributed by atoms with Gasteiger partial charge in [0.2, 0.25) is 0 Å². The number of piperidine rings is 1. The molecule has 0 atom stereocenters. The molecule has 0 saturated carbocycles. The first-order chi connectivity index (χ1) is 8.66. The van der Waals surface area contributed by atoms with Gasteiger partial charge in [0, 0.05) is 38.3 Å². The van der Waals surface area contributed by atoms with E-state index in [2.05, 4.69) is 35.6 Å². The fourth-order valence-corrected chi connectivity index (χ4v) is 2.98. The zero-order valence-electron chi connectivity index (χ0n) is 13.2. The molecule has 18 heavy (non-hydrogen) atoms. The summed E-state index contributed by atoms with van der Waals surface area (Å²) >= 11 is 0. The van der Waals surface area contributed by atoms with Gasteiger partial charge in [-0.3, -0.25) is 9.80 Å². The van der Waals surface area contributed by atoms with Crippen molar-refractivity contribution in [2.75, 3.05) is 46.3 Å². The zero-order valence-corrected chi connectivity index (χ0v) is 13.2. The summed E-state index contributed by atoms with van der Waals surface area (Å²) in [5.74, 6) is 0. The number of piperazine rings is 1. The van der Waals surface area contributed by atoms with Gasteiger partial charge < -0.3 is 4.90 Å². The lowest BCUT2D eigenvalue weighted by molar-refractivity contribution is 0.0529. The van der Waals surface area contributed by atoms with E-state index in [9.17, 15) is 0 Å². The van der Waals surface area contributed by atoms with Crippen LogP contribution in [-0.2, 0) is 0 Å². The van der Waals surface area contributed by atoms with E-state index in [4.69, 9.17) is 0 Å². The average molecular weight is 255 g/mol. The first kappa shape index (κ1) is 15.9. The van der Waals surface area contributed by atoms with Crippen molar-refractivity contribution in [3.63, 3.8) is 0 Å². The van der Waals surface area contributed by atoms with E-state index in [-0.39, 0.29) is 0 Å². The zero-order chi connectivity index (χ0) is 13.5. The summed E-state index contributed by atoms with van der Waals surface area (Å²) in [4.78, 5) is 7.79. The first-order valence-electron chi connectivity index (χ1n) is 7.83. The normalized spacial score (nSPS) is 25.0. The largest absolute Gasteiger partial charge is 0.306 e. The summed E-state index contributed by atoms with van der Waals surface area (Å²) in [6.07, 6.45) is 2.75. The van der Waals surface area contributed by atoms with E-state index in [0.29, 0.717) is 0 Å². The fourth-order valence-electron chi connectivity index (χ4n) is 2.98. The Bertz CT molecular complexity index is 202. The predicted molar refractivity (Wildman–Crippen MR) is 80.1 cm³/mol. The number of rotatable bonds is 2. The lowest BCUT2D eigenvalue weighted by Crippen LogP contribution is -2.54. The number of hydrogen-bond acceptors (Lipinski definition) is 3. The summed E-state index contributed by atoms with van der Waals surface area (Å²) < 4.78 is 0. The summed E-state index contributed by atoms with van der Waals surface area (Å²) in [6.45, 7) is 16.3. The Kier molecular flexibility index (Phi) is 7.20. The lowest BCUT2D eigenvalue weighted by atomic mass is 10.0. The van der Waals surface area contributed by atoms with E-state index in [0.717, 1.165) is 12.1 Å². The van der Waals surface area contributed by atoms with Gasteiger partial charge in [-0.15, -0.1) is 0 Å². The molecule has 0 aliphatic carbocycles. The van der Waals surface area contributed by atoms with E-state index >= 15 is 0 Å². The van der Waals surface area contributed by atoms with Crippen LogP contribution in [0.1, 0.15) is 40.5 Å². The van der Waals surface area contributed by atoms with Crippen LogP contribution in [-0.4, -0.2) is 73.1 Å². The highest BCUT2D eigenvalue weighted by Gasteiger charge is 2.26. The minimum absolute atomic E-state index is 0.722. The molecule has 2 rings (SSSR count). The maximum Gasteiger partial charge on any atom is 0.0121 e. The second-order valence-electron chi connectivity index (χ2n) is 5.70. The standard InChI is InChI=1S/C13H27N3.C2H6/c1-12(2)15-8-10-16(11-9-15)13-4-6-14(3)7-5-13;1-2/h12-13H,4-11H2,1-3H3;1-2H3. The minimum atomic E-state index is 0.722. The minimum Gasteiger partial charge on any atom is -0.306 e. The van der Waals surface area contributed by atoms with Crippen LogP contribution in [0.3, 0.4) is 0 Å². The SMILES string of the molecule is CC.CC(C)N1CCN(C2CCN(C)CC2)CC1. The molecule has 0 unspecified atom stereocenters. The van der Waals surface area contributed by atoms with Gasteiger partial charge >= 0.3 is 0 Å². The van der Waals surface area contributed by atoms with Crippen LogP contribution in [0.4, 0.5) is 0 Å². The molecule has 0 aromatic rings. The van der Waals surface area contributed by atoms with Crippen LogP contribution < -0.4 is 0 Å².